The molecule has 6 nitrogen and oxygen atoms in total. The molecule has 1 aromatic carbocycles. The highest BCUT2D eigenvalue weighted by atomic mass is 35.5. The van der Waals surface area contributed by atoms with Gasteiger partial charge in [0.05, 0.1) is 11.1 Å². The quantitative estimate of drug-likeness (QED) is 0.488. The number of rotatable bonds is 1. The average molecular weight is 363 g/mol. The van der Waals surface area contributed by atoms with Gasteiger partial charge >= 0.3 is 0 Å². The van der Waals surface area contributed by atoms with Gasteiger partial charge in [-0.3, -0.25) is 18.6 Å². The van der Waals surface area contributed by atoms with E-state index < -0.39 is 5.56 Å². The topological polar surface area (TPSA) is 80.2 Å². The van der Waals surface area contributed by atoms with Crippen molar-refractivity contribution in [1.29, 1.82) is 5.26 Å². The summed E-state index contributed by atoms with van der Waals surface area (Å²) in [6.45, 7) is 1.86. The number of hydrogen-bond donors (Lipinski definition) is 0. The van der Waals surface area contributed by atoms with E-state index in [9.17, 15) is 14.9 Å². The molecule has 0 N–H and O–H groups in total. The minimum Gasteiger partial charge on any atom is -0.268 e. The van der Waals surface area contributed by atoms with Crippen molar-refractivity contribution in [2.24, 2.45) is 0 Å². The maximum absolute atomic E-state index is 12.9. The second-order valence-electron chi connectivity index (χ2n) is 5.88. The lowest BCUT2D eigenvalue weighted by Crippen LogP contribution is -2.26. The van der Waals surface area contributed by atoms with Gasteiger partial charge in [0, 0.05) is 11.2 Å². The lowest BCUT2D eigenvalue weighted by molar-refractivity contribution is 0.980. The molecule has 126 valence electrons. The number of aryl methyl sites for hydroxylation is 1. The van der Waals surface area contributed by atoms with Crippen molar-refractivity contribution in [2.45, 2.75) is 6.92 Å². The van der Waals surface area contributed by atoms with Crippen LogP contribution in [-0.4, -0.2) is 14.0 Å². The molecular formula is C19H11ClN4O2. The third kappa shape index (κ3) is 2.38. The van der Waals surface area contributed by atoms with Gasteiger partial charge in [0.1, 0.15) is 17.3 Å². The highest BCUT2D eigenvalue weighted by Crippen LogP contribution is 2.18. The van der Waals surface area contributed by atoms with Crippen LogP contribution >= 0.6 is 11.6 Å². The van der Waals surface area contributed by atoms with E-state index in [1.165, 1.54) is 15.0 Å². The summed E-state index contributed by atoms with van der Waals surface area (Å²) in [6.07, 6.45) is 1.67. The van der Waals surface area contributed by atoms with Gasteiger partial charge < -0.3 is 0 Å². The second kappa shape index (κ2) is 5.83. The number of benzene rings is 1. The molecule has 3 heterocycles. The molecule has 0 fully saturated rings. The Bertz CT molecular complexity index is 1360. The van der Waals surface area contributed by atoms with E-state index in [1.54, 1.807) is 36.5 Å². The molecule has 0 spiro atoms. The van der Waals surface area contributed by atoms with Crippen LogP contribution in [0.4, 0.5) is 0 Å². The van der Waals surface area contributed by atoms with Crippen molar-refractivity contribution < 1.29 is 0 Å². The lowest BCUT2D eigenvalue weighted by Gasteiger charge is -2.12. The highest BCUT2D eigenvalue weighted by Gasteiger charge is 2.16. The molecule has 0 amide bonds. The summed E-state index contributed by atoms with van der Waals surface area (Å²) < 4.78 is 2.66. The molecule has 0 saturated heterocycles. The standard InChI is InChI=1S/C19H11ClN4O2/c1-11-5-6-16-22-17-15(19(26)23(16)10-11)7-12(9-21)18(25)24(17)14-4-2-3-13(20)8-14/h2-8,10H,1H3. The molecule has 0 saturated carbocycles. The van der Waals surface area contributed by atoms with Gasteiger partial charge in [-0.15, -0.1) is 0 Å². The van der Waals surface area contributed by atoms with Crippen LogP contribution in [0.15, 0.2) is 58.3 Å². The molecule has 0 aliphatic heterocycles. The number of nitrogens with zero attached hydrogens (tertiary/aromatic N) is 4. The Balaban J connectivity index is 2.27. The molecule has 0 unspecified atom stereocenters. The normalized spacial score (nSPS) is 11.0. The van der Waals surface area contributed by atoms with E-state index in [0.29, 0.717) is 16.4 Å². The van der Waals surface area contributed by atoms with Crippen molar-refractivity contribution in [2.75, 3.05) is 0 Å². The van der Waals surface area contributed by atoms with Crippen molar-refractivity contribution in [1.82, 2.24) is 14.0 Å². The molecule has 0 radical (unpaired) electrons. The molecule has 7 heteroatoms. The summed E-state index contributed by atoms with van der Waals surface area (Å²) in [5.41, 5.74) is 0.895. The van der Waals surface area contributed by atoms with E-state index in [-0.39, 0.29) is 22.2 Å². The zero-order valence-corrected chi connectivity index (χ0v) is 14.4. The van der Waals surface area contributed by atoms with E-state index in [4.69, 9.17) is 11.6 Å². The first kappa shape index (κ1) is 16.1. The largest absolute Gasteiger partial charge is 0.274 e. The second-order valence-corrected chi connectivity index (χ2v) is 6.32. The number of fused-ring (bicyclic) bond motifs is 2. The smallest absolute Gasteiger partial charge is 0.268 e. The lowest BCUT2D eigenvalue weighted by atomic mass is 10.2. The maximum atomic E-state index is 12.9. The van der Waals surface area contributed by atoms with E-state index in [0.717, 1.165) is 5.56 Å². The van der Waals surface area contributed by atoms with Gasteiger partial charge in [0.15, 0.2) is 5.65 Å². The summed E-state index contributed by atoms with van der Waals surface area (Å²) >= 11 is 6.05. The van der Waals surface area contributed by atoms with Crippen LogP contribution in [0, 0.1) is 18.3 Å². The van der Waals surface area contributed by atoms with Crippen molar-refractivity contribution >= 4 is 28.3 Å². The summed E-state index contributed by atoms with van der Waals surface area (Å²) in [6, 6.07) is 13.3. The zero-order valence-electron chi connectivity index (χ0n) is 13.6. The first-order valence-corrected chi connectivity index (χ1v) is 8.12. The fourth-order valence-corrected chi connectivity index (χ4v) is 3.09. The van der Waals surface area contributed by atoms with Crippen LogP contribution in [0.5, 0.6) is 0 Å². The van der Waals surface area contributed by atoms with Gasteiger partial charge in [0.2, 0.25) is 0 Å². The van der Waals surface area contributed by atoms with E-state index >= 15 is 0 Å². The minimum atomic E-state index is -0.550. The number of nitriles is 1. The first-order valence-electron chi connectivity index (χ1n) is 7.74. The minimum absolute atomic E-state index is 0.135. The SMILES string of the molecule is Cc1ccc2nc3c(cc(C#N)c(=O)n3-c3cccc(Cl)c3)c(=O)n2c1. The maximum Gasteiger partial charge on any atom is 0.274 e. The Morgan fingerprint density at radius 3 is 2.65 bits per heavy atom. The zero-order chi connectivity index (χ0) is 18.4. The molecule has 0 aliphatic carbocycles. The highest BCUT2D eigenvalue weighted by molar-refractivity contribution is 6.30. The van der Waals surface area contributed by atoms with Crippen molar-refractivity contribution in [3.8, 4) is 11.8 Å². The Kier molecular flexibility index (Phi) is 3.60. The van der Waals surface area contributed by atoms with Gasteiger partial charge in [0.25, 0.3) is 11.1 Å². The number of pyridine rings is 2. The van der Waals surface area contributed by atoms with E-state index in [1.807, 2.05) is 19.1 Å². The molecule has 0 atom stereocenters. The number of halogens is 1. The summed E-state index contributed by atoms with van der Waals surface area (Å²) in [7, 11) is 0. The predicted octanol–water partition coefficient (Wildman–Crippen LogP) is 2.83. The van der Waals surface area contributed by atoms with Crippen LogP contribution in [0.1, 0.15) is 11.1 Å². The summed E-state index contributed by atoms with van der Waals surface area (Å²) in [5.74, 6) is 0. The van der Waals surface area contributed by atoms with Crippen LogP contribution in [0.25, 0.3) is 22.4 Å². The fraction of sp³-hybridized carbons (Fsp3) is 0.0526. The fourth-order valence-electron chi connectivity index (χ4n) is 2.90. The summed E-state index contributed by atoms with van der Waals surface area (Å²) in [4.78, 5) is 30.2. The van der Waals surface area contributed by atoms with Gasteiger partial charge in [-0.05, 0) is 42.8 Å². The van der Waals surface area contributed by atoms with Crippen LogP contribution in [-0.2, 0) is 0 Å². The Morgan fingerprint density at radius 2 is 1.92 bits per heavy atom. The molecule has 0 aliphatic rings. The molecule has 4 aromatic rings. The Hall–Kier alpha value is -3.43. The molecule has 4 rings (SSSR count). The van der Waals surface area contributed by atoms with E-state index in [2.05, 4.69) is 4.98 Å². The average Bonchev–Trinajstić information content (AvgIpc) is 2.62. The Morgan fingerprint density at radius 1 is 1.12 bits per heavy atom. The summed E-state index contributed by atoms with van der Waals surface area (Å²) in [5, 5.41) is 9.95. The number of hydrogen-bond acceptors (Lipinski definition) is 4. The van der Waals surface area contributed by atoms with Crippen molar-refractivity contribution in [3.05, 3.63) is 85.5 Å². The van der Waals surface area contributed by atoms with Gasteiger partial charge in [-0.1, -0.05) is 23.7 Å². The molecular weight excluding hydrogens is 352 g/mol. The predicted molar refractivity (Wildman–Crippen MR) is 99.0 cm³/mol. The Labute approximate surface area is 152 Å². The molecule has 3 aromatic heterocycles. The van der Waals surface area contributed by atoms with Gasteiger partial charge in [-0.25, -0.2) is 4.98 Å². The molecule has 26 heavy (non-hydrogen) atoms. The van der Waals surface area contributed by atoms with Crippen LogP contribution < -0.4 is 11.1 Å². The third-order valence-electron chi connectivity index (χ3n) is 4.11. The van der Waals surface area contributed by atoms with Crippen molar-refractivity contribution in [3.63, 3.8) is 0 Å². The third-order valence-corrected chi connectivity index (χ3v) is 4.34. The first-order chi connectivity index (χ1) is 12.5. The van der Waals surface area contributed by atoms with Crippen LogP contribution in [0.3, 0.4) is 0 Å². The number of aromatic nitrogens is 3. The monoisotopic (exact) mass is 362 g/mol. The van der Waals surface area contributed by atoms with Crippen LogP contribution in [0.2, 0.25) is 5.02 Å². The van der Waals surface area contributed by atoms with Gasteiger partial charge in [-0.2, -0.15) is 5.26 Å². The molecule has 0 bridgehead atoms.